The number of hydrogen-bond donors (Lipinski definition) is 0. The van der Waals surface area contributed by atoms with E-state index in [2.05, 4.69) is 32.1 Å². The van der Waals surface area contributed by atoms with Gasteiger partial charge in [-0.1, -0.05) is 56.2 Å². The van der Waals surface area contributed by atoms with Crippen molar-refractivity contribution in [2.75, 3.05) is 6.54 Å². The van der Waals surface area contributed by atoms with Gasteiger partial charge in [0.1, 0.15) is 0 Å². The normalized spacial score (nSPS) is 16.6. The van der Waals surface area contributed by atoms with E-state index in [0.29, 0.717) is 0 Å². The van der Waals surface area contributed by atoms with Crippen LogP contribution >= 0.6 is 0 Å². The van der Waals surface area contributed by atoms with Gasteiger partial charge in [-0.05, 0) is 25.3 Å². The summed E-state index contributed by atoms with van der Waals surface area (Å²) in [6.07, 6.45) is 6.58. The zero-order valence-corrected chi connectivity index (χ0v) is 11.9. The molecule has 0 fully saturated rings. The molecule has 2 nitrogen and oxygen atoms in total. The van der Waals surface area contributed by atoms with Crippen LogP contribution in [-0.4, -0.2) is 17.4 Å². The second kappa shape index (κ2) is 6.55. The maximum Gasteiger partial charge on any atom is 0.250 e. The van der Waals surface area contributed by atoms with E-state index in [1.54, 1.807) is 0 Å². The van der Waals surface area contributed by atoms with Gasteiger partial charge in [0.25, 0.3) is 0 Å². The summed E-state index contributed by atoms with van der Waals surface area (Å²) in [4.78, 5) is 14.3. The molecule has 1 amide bonds. The lowest BCUT2D eigenvalue weighted by Gasteiger charge is -2.25. The number of hydrogen-bond acceptors (Lipinski definition) is 1. The monoisotopic (exact) mass is 257 g/mol. The van der Waals surface area contributed by atoms with Crippen molar-refractivity contribution in [3.05, 3.63) is 47.5 Å². The lowest BCUT2D eigenvalue weighted by atomic mass is 10.1. The molecule has 1 aromatic carbocycles. The van der Waals surface area contributed by atoms with Crippen LogP contribution in [0.5, 0.6) is 0 Å². The average molecular weight is 257 g/mol. The molecular weight excluding hydrogens is 234 g/mol. The molecule has 1 heterocycles. The first-order valence-electron chi connectivity index (χ1n) is 7.29. The van der Waals surface area contributed by atoms with Crippen LogP contribution in [0, 0.1) is 0 Å². The van der Waals surface area contributed by atoms with Crippen molar-refractivity contribution >= 4 is 5.91 Å². The van der Waals surface area contributed by atoms with Crippen molar-refractivity contribution in [3.8, 4) is 0 Å². The van der Waals surface area contributed by atoms with Crippen LogP contribution in [0.1, 0.15) is 51.1 Å². The lowest BCUT2D eigenvalue weighted by molar-refractivity contribution is -0.127. The molecule has 1 aliphatic heterocycles. The fourth-order valence-corrected chi connectivity index (χ4v) is 2.58. The Hall–Kier alpha value is -1.57. The molecule has 0 spiro atoms. The first-order chi connectivity index (χ1) is 9.24. The Morgan fingerprint density at radius 1 is 1.21 bits per heavy atom. The number of nitrogens with zero attached hydrogens (tertiary/aromatic N) is 1. The molecule has 0 saturated carbocycles. The number of rotatable bonds is 6. The second-order valence-corrected chi connectivity index (χ2v) is 5.23. The number of benzene rings is 1. The highest BCUT2D eigenvalue weighted by Gasteiger charge is 2.27. The Kier molecular flexibility index (Phi) is 4.78. The Labute approximate surface area is 116 Å². The summed E-state index contributed by atoms with van der Waals surface area (Å²) in [7, 11) is 0. The third-order valence-corrected chi connectivity index (χ3v) is 3.87. The molecule has 0 unspecified atom stereocenters. The molecule has 102 valence electrons. The van der Waals surface area contributed by atoms with Gasteiger partial charge in [0.2, 0.25) is 5.91 Å². The van der Waals surface area contributed by atoms with Crippen LogP contribution in [0.4, 0.5) is 0 Å². The highest BCUT2D eigenvalue weighted by Crippen LogP contribution is 2.27. The summed E-state index contributed by atoms with van der Waals surface area (Å²) in [6, 6.07) is 10.4. The fourth-order valence-electron chi connectivity index (χ4n) is 2.58. The van der Waals surface area contributed by atoms with Crippen molar-refractivity contribution in [1.82, 2.24) is 4.90 Å². The molecule has 19 heavy (non-hydrogen) atoms. The molecule has 0 N–H and O–H groups in total. The molecule has 1 aromatic rings. The third-order valence-electron chi connectivity index (χ3n) is 3.87. The summed E-state index contributed by atoms with van der Waals surface area (Å²) in [5.74, 6) is 0.229. The van der Waals surface area contributed by atoms with E-state index < -0.39 is 0 Å². The minimum absolute atomic E-state index is 0.161. The predicted molar refractivity (Wildman–Crippen MR) is 78.8 cm³/mol. The van der Waals surface area contributed by atoms with Crippen LogP contribution in [0.25, 0.3) is 0 Å². The third kappa shape index (κ3) is 3.25. The van der Waals surface area contributed by atoms with Crippen molar-refractivity contribution in [2.24, 2.45) is 0 Å². The van der Waals surface area contributed by atoms with Gasteiger partial charge < -0.3 is 4.90 Å². The van der Waals surface area contributed by atoms with Gasteiger partial charge in [-0.3, -0.25) is 4.79 Å². The van der Waals surface area contributed by atoms with Gasteiger partial charge in [-0.2, -0.15) is 0 Å². The van der Waals surface area contributed by atoms with Gasteiger partial charge in [0.15, 0.2) is 0 Å². The molecule has 2 heteroatoms. The van der Waals surface area contributed by atoms with E-state index in [-0.39, 0.29) is 11.9 Å². The van der Waals surface area contributed by atoms with Gasteiger partial charge >= 0.3 is 0 Å². The van der Waals surface area contributed by atoms with E-state index in [1.807, 2.05) is 23.1 Å². The summed E-state index contributed by atoms with van der Waals surface area (Å²) in [5.41, 5.74) is 2.22. The van der Waals surface area contributed by atoms with Crippen LogP contribution in [0.15, 0.2) is 42.0 Å². The van der Waals surface area contributed by atoms with Crippen LogP contribution in [0.2, 0.25) is 0 Å². The second-order valence-electron chi connectivity index (χ2n) is 5.23. The smallest absolute Gasteiger partial charge is 0.250 e. The van der Waals surface area contributed by atoms with Crippen molar-refractivity contribution in [3.63, 3.8) is 0 Å². The molecule has 0 aliphatic carbocycles. The summed E-state index contributed by atoms with van der Waals surface area (Å²) in [6.45, 7) is 5.06. The van der Waals surface area contributed by atoms with E-state index in [0.717, 1.165) is 25.0 Å². The quantitative estimate of drug-likeness (QED) is 0.703. The van der Waals surface area contributed by atoms with E-state index in [9.17, 15) is 4.79 Å². The predicted octanol–water partition coefficient (Wildman–Crippen LogP) is 4.10. The molecular formula is C17H23NO. The van der Waals surface area contributed by atoms with Crippen LogP contribution in [-0.2, 0) is 4.79 Å². The number of carbonyl (C=O) groups excluding carboxylic acids is 1. The zero-order chi connectivity index (χ0) is 13.7. The van der Waals surface area contributed by atoms with Gasteiger partial charge in [-0.25, -0.2) is 0 Å². The summed E-state index contributed by atoms with van der Waals surface area (Å²) < 4.78 is 0. The maximum atomic E-state index is 12.4. The number of carbonyl (C=O) groups is 1. The first kappa shape index (κ1) is 13.9. The lowest BCUT2D eigenvalue weighted by Crippen LogP contribution is -2.30. The number of unbranched alkanes of at least 4 members (excludes halogenated alkanes) is 2. The Morgan fingerprint density at radius 2 is 1.95 bits per heavy atom. The molecule has 0 radical (unpaired) electrons. The summed E-state index contributed by atoms with van der Waals surface area (Å²) >= 11 is 0. The zero-order valence-electron chi connectivity index (χ0n) is 11.9. The highest BCUT2D eigenvalue weighted by molar-refractivity contribution is 5.96. The van der Waals surface area contributed by atoms with Crippen molar-refractivity contribution in [1.29, 1.82) is 0 Å². The van der Waals surface area contributed by atoms with Gasteiger partial charge in [0, 0.05) is 12.1 Å². The molecule has 0 bridgehead atoms. The first-order valence-corrected chi connectivity index (χ1v) is 7.29. The molecule has 1 aliphatic rings. The molecule has 0 saturated heterocycles. The highest BCUT2D eigenvalue weighted by atomic mass is 16.2. The van der Waals surface area contributed by atoms with Gasteiger partial charge in [-0.15, -0.1) is 0 Å². The maximum absolute atomic E-state index is 12.4. The Morgan fingerprint density at radius 3 is 2.63 bits per heavy atom. The van der Waals surface area contributed by atoms with Crippen molar-refractivity contribution in [2.45, 2.75) is 45.6 Å². The largest absolute Gasteiger partial charge is 0.328 e. The van der Waals surface area contributed by atoms with Crippen LogP contribution < -0.4 is 0 Å². The standard InChI is InChI=1S/C17H23NO/c1-3-4-6-11-16-12-13-18(17(16)19)14(2)15-9-7-5-8-10-15/h5,7-10,12,14H,3-4,6,11,13H2,1-2H3/t14-/m0/s1. The average Bonchev–Trinajstić information content (AvgIpc) is 2.81. The number of amides is 1. The van der Waals surface area contributed by atoms with E-state index in [4.69, 9.17) is 0 Å². The topological polar surface area (TPSA) is 20.3 Å². The van der Waals surface area contributed by atoms with Crippen molar-refractivity contribution < 1.29 is 4.79 Å². The van der Waals surface area contributed by atoms with E-state index in [1.165, 1.54) is 18.4 Å². The SMILES string of the molecule is CCCCCC1=CCN([C@@H](C)c2ccccc2)C1=O. The molecule has 0 aromatic heterocycles. The molecule has 2 rings (SSSR count). The minimum Gasteiger partial charge on any atom is -0.328 e. The van der Waals surface area contributed by atoms with E-state index >= 15 is 0 Å². The minimum atomic E-state index is 0.161. The van der Waals surface area contributed by atoms with Gasteiger partial charge in [0.05, 0.1) is 6.04 Å². The molecule has 1 atom stereocenters. The Bertz CT molecular complexity index is 450. The van der Waals surface area contributed by atoms with Crippen LogP contribution in [0.3, 0.4) is 0 Å². The Balaban J connectivity index is 1.96. The fraction of sp³-hybridized carbons (Fsp3) is 0.471. The summed E-state index contributed by atoms with van der Waals surface area (Å²) in [5, 5.41) is 0.